The number of hydrogen-bond acceptors (Lipinski definition) is 3. The van der Waals surface area contributed by atoms with Crippen molar-refractivity contribution in [3.63, 3.8) is 0 Å². The molecule has 0 radical (unpaired) electrons. The smallest absolute Gasteiger partial charge is 0.205 e. The summed E-state index contributed by atoms with van der Waals surface area (Å²) in [5.74, 6) is 6.67. The summed E-state index contributed by atoms with van der Waals surface area (Å²) in [4.78, 5) is 10.7. The molecule has 0 saturated heterocycles. The van der Waals surface area contributed by atoms with E-state index < -0.39 is 0 Å². The van der Waals surface area contributed by atoms with Crippen molar-refractivity contribution in [1.82, 2.24) is 9.97 Å². The van der Waals surface area contributed by atoms with E-state index in [1.54, 1.807) is 0 Å². The van der Waals surface area contributed by atoms with Gasteiger partial charge in [-0.15, -0.1) is 0 Å². The molecule has 0 aliphatic heterocycles. The molecule has 1 heterocycles. The van der Waals surface area contributed by atoms with E-state index in [0.29, 0.717) is 5.82 Å². The first-order valence-corrected chi connectivity index (χ1v) is 6.16. The van der Waals surface area contributed by atoms with Crippen LogP contribution in [0, 0.1) is 25.7 Å². The third-order valence-electron chi connectivity index (χ3n) is 2.68. The van der Waals surface area contributed by atoms with Gasteiger partial charge in [-0.3, -0.25) is 0 Å². The van der Waals surface area contributed by atoms with Gasteiger partial charge in [0.25, 0.3) is 0 Å². The van der Waals surface area contributed by atoms with Crippen LogP contribution in [0.4, 0.5) is 5.69 Å². The van der Waals surface area contributed by atoms with Crippen LogP contribution in [0.25, 0.3) is 0 Å². The van der Waals surface area contributed by atoms with Gasteiger partial charge in [-0.25, -0.2) is 9.97 Å². The molecule has 0 N–H and O–H groups in total. The number of aryl methyl sites for hydroxylation is 2. The van der Waals surface area contributed by atoms with Gasteiger partial charge in [0.05, 0.1) is 0 Å². The van der Waals surface area contributed by atoms with E-state index in [1.165, 1.54) is 0 Å². The van der Waals surface area contributed by atoms with Crippen LogP contribution in [0.1, 0.15) is 22.8 Å². The maximum Gasteiger partial charge on any atom is 0.205 e. The van der Waals surface area contributed by atoms with Crippen LogP contribution < -0.4 is 4.90 Å². The van der Waals surface area contributed by atoms with Crippen LogP contribution in [-0.4, -0.2) is 24.1 Å². The number of nitrogens with zero attached hydrogens (tertiary/aromatic N) is 3. The highest BCUT2D eigenvalue weighted by atomic mass is 15.1. The van der Waals surface area contributed by atoms with Gasteiger partial charge in [0, 0.05) is 36.7 Å². The first kappa shape index (κ1) is 13.1. The molecule has 0 aliphatic rings. The largest absolute Gasteiger partial charge is 0.378 e. The highest BCUT2D eigenvalue weighted by Gasteiger charge is 1.96. The molecule has 1 aromatic heterocycles. The summed E-state index contributed by atoms with van der Waals surface area (Å²) < 4.78 is 0. The SMILES string of the molecule is Cc1cc(C)nc(C#Cc2ccc(N(C)C)cc2)n1. The van der Waals surface area contributed by atoms with Crippen molar-refractivity contribution in [2.24, 2.45) is 0 Å². The fourth-order valence-corrected chi connectivity index (χ4v) is 1.75. The van der Waals surface area contributed by atoms with Crippen molar-refractivity contribution in [2.75, 3.05) is 19.0 Å². The molecule has 1 aromatic carbocycles. The average molecular weight is 251 g/mol. The molecular weight excluding hydrogens is 234 g/mol. The lowest BCUT2D eigenvalue weighted by Gasteiger charge is -2.11. The molecule has 0 fully saturated rings. The average Bonchev–Trinajstić information content (AvgIpc) is 2.36. The monoisotopic (exact) mass is 251 g/mol. The van der Waals surface area contributed by atoms with E-state index in [4.69, 9.17) is 0 Å². The lowest BCUT2D eigenvalue weighted by Crippen LogP contribution is -2.07. The van der Waals surface area contributed by atoms with E-state index in [9.17, 15) is 0 Å². The van der Waals surface area contributed by atoms with Crippen molar-refractivity contribution in [3.8, 4) is 11.8 Å². The zero-order valence-electron chi connectivity index (χ0n) is 11.7. The number of aromatic nitrogens is 2. The van der Waals surface area contributed by atoms with Crippen molar-refractivity contribution in [3.05, 3.63) is 53.1 Å². The molecule has 0 aliphatic carbocycles. The molecule has 0 atom stereocenters. The molecule has 19 heavy (non-hydrogen) atoms. The lowest BCUT2D eigenvalue weighted by atomic mass is 10.2. The van der Waals surface area contributed by atoms with Gasteiger partial charge in [0.1, 0.15) is 0 Å². The minimum atomic E-state index is 0.578. The Hall–Kier alpha value is -2.34. The Labute approximate surface area is 114 Å². The number of anilines is 1. The van der Waals surface area contributed by atoms with Crippen LogP contribution in [0.3, 0.4) is 0 Å². The van der Waals surface area contributed by atoms with E-state index in [2.05, 4.69) is 26.7 Å². The standard InChI is InChI=1S/C16H17N3/c1-12-11-13(2)18-16(17-12)10-7-14-5-8-15(9-6-14)19(3)4/h5-6,8-9,11H,1-4H3. The van der Waals surface area contributed by atoms with Crippen LogP contribution >= 0.6 is 0 Å². The maximum atomic E-state index is 4.30. The Bertz CT molecular complexity index is 611. The molecule has 0 amide bonds. The third kappa shape index (κ3) is 3.56. The molecule has 0 unspecified atom stereocenters. The highest BCUT2D eigenvalue weighted by molar-refractivity contribution is 5.50. The van der Waals surface area contributed by atoms with E-state index in [1.807, 2.05) is 58.3 Å². The Balaban J connectivity index is 2.23. The Kier molecular flexibility index (Phi) is 3.82. The highest BCUT2D eigenvalue weighted by Crippen LogP contribution is 2.11. The molecule has 3 heteroatoms. The zero-order valence-corrected chi connectivity index (χ0v) is 11.7. The first-order valence-electron chi connectivity index (χ1n) is 6.16. The minimum absolute atomic E-state index is 0.578. The van der Waals surface area contributed by atoms with E-state index >= 15 is 0 Å². The summed E-state index contributed by atoms with van der Waals surface area (Å²) in [6.07, 6.45) is 0. The number of rotatable bonds is 1. The molecule has 3 nitrogen and oxygen atoms in total. The Morgan fingerprint density at radius 1 is 0.895 bits per heavy atom. The fourth-order valence-electron chi connectivity index (χ4n) is 1.75. The zero-order chi connectivity index (χ0) is 13.8. The van der Waals surface area contributed by atoms with Crippen LogP contribution in [0.2, 0.25) is 0 Å². The van der Waals surface area contributed by atoms with Crippen LogP contribution in [0.15, 0.2) is 30.3 Å². The molecule has 0 saturated carbocycles. The fraction of sp³-hybridized carbons (Fsp3) is 0.250. The van der Waals surface area contributed by atoms with Gasteiger partial charge >= 0.3 is 0 Å². The van der Waals surface area contributed by atoms with Crippen molar-refractivity contribution in [1.29, 1.82) is 0 Å². The third-order valence-corrected chi connectivity index (χ3v) is 2.68. The second-order valence-electron chi connectivity index (χ2n) is 4.67. The van der Waals surface area contributed by atoms with Crippen molar-refractivity contribution >= 4 is 5.69 Å². The van der Waals surface area contributed by atoms with Crippen LogP contribution in [-0.2, 0) is 0 Å². The number of hydrogen-bond donors (Lipinski definition) is 0. The van der Waals surface area contributed by atoms with E-state index in [0.717, 1.165) is 22.6 Å². The summed E-state index contributed by atoms with van der Waals surface area (Å²) in [6, 6.07) is 10.0. The molecular formula is C16H17N3. The molecule has 2 aromatic rings. The quantitative estimate of drug-likeness (QED) is 0.729. The Morgan fingerprint density at radius 3 is 2.00 bits per heavy atom. The number of benzene rings is 1. The topological polar surface area (TPSA) is 29.0 Å². The lowest BCUT2D eigenvalue weighted by molar-refractivity contribution is 1.03. The predicted octanol–water partition coefficient (Wildman–Crippen LogP) is 2.56. The Morgan fingerprint density at radius 2 is 1.47 bits per heavy atom. The molecule has 2 rings (SSSR count). The summed E-state index contributed by atoms with van der Waals surface area (Å²) in [6.45, 7) is 3.90. The summed E-state index contributed by atoms with van der Waals surface area (Å²) >= 11 is 0. The van der Waals surface area contributed by atoms with Gasteiger partial charge in [0.2, 0.25) is 5.82 Å². The first-order chi connectivity index (χ1) is 9.04. The minimum Gasteiger partial charge on any atom is -0.378 e. The second kappa shape index (κ2) is 5.53. The predicted molar refractivity (Wildman–Crippen MR) is 78.3 cm³/mol. The molecule has 0 bridgehead atoms. The molecule has 96 valence electrons. The van der Waals surface area contributed by atoms with E-state index in [-0.39, 0.29) is 0 Å². The summed E-state index contributed by atoms with van der Waals surface area (Å²) in [5.41, 5.74) is 4.01. The summed E-state index contributed by atoms with van der Waals surface area (Å²) in [5, 5.41) is 0. The van der Waals surface area contributed by atoms with Gasteiger partial charge < -0.3 is 4.90 Å². The van der Waals surface area contributed by atoms with Crippen LogP contribution in [0.5, 0.6) is 0 Å². The van der Waals surface area contributed by atoms with Gasteiger partial charge in [0.15, 0.2) is 0 Å². The van der Waals surface area contributed by atoms with Gasteiger partial charge in [-0.2, -0.15) is 0 Å². The molecule has 0 spiro atoms. The second-order valence-corrected chi connectivity index (χ2v) is 4.67. The van der Waals surface area contributed by atoms with Crippen molar-refractivity contribution < 1.29 is 0 Å². The van der Waals surface area contributed by atoms with Gasteiger partial charge in [-0.05, 0) is 50.1 Å². The normalized spacial score (nSPS) is 9.68. The maximum absolute atomic E-state index is 4.30. The summed E-state index contributed by atoms with van der Waals surface area (Å²) in [7, 11) is 4.04. The van der Waals surface area contributed by atoms with Crippen molar-refractivity contribution in [2.45, 2.75) is 13.8 Å². The van der Waals surface area contributed by atoms with Gasteiger partial charge in [-0.1, -0.05) is 5.92 Å².